The molecule has 1 N–H and O–H groups in total. The van der Waals surface area contributed by atoms with E-state index in [1.807, 2.05) is 6.07 Å². The van der Waals surface area contributed by atoms with Gasteiger partial charge in [0.1, 0.15) is 4.90 Å². The molecule has 1 aliphatic rings. The molecule has 0 aliphatic carbocycles. The lowest BCUT2D eigenvalue weighted by Crippen LogP contribution is -2.36. The van der Waals surface area contributed by atoms with Gasteiger partial charge in [-0.2, -0.15) is 0 Å². The number of carbonyl (C=O) groups excluding carboxylic acids is 2. The topological polar surface area (TPSA) is 96.4 Å². The monoisotopic (exact) mass is 359 g/mol. The van der Waals surface area contributed by atoms with E-state index in [0.717, 1.165) is 4.31 Å². The van der Waals surface area contributed by atoms with Gasteiger partial charge in [-0.3, -0.25) is 14.6 Å². The minimum Gasteiger partial charge on any atom is -0.346 e. The quantitative estimate of drug-likeness (QED) is 0.894. The summed E-state index contributed by atoms with van der Waals surface area (Å²) in [5, 5.41) is 2.68. The Morgan fingerprint density at radius 1 is 1.24 bits per heavy atom. The Balaban J connectivity index is 1.86. The number of hydrogen-bond donors (Lipinski definition) is 1. The fourth-order valence-electron chi connectivity index (χ4n) is 2.68. The van der Waals surface area contributed by atoms with Crippen molar-refractivity contribution in [3.8, 4) is 0 Å². The fraction of sp³-hybridized carbons (Fsp3) is 0.235. The molecule has 2 heterocycles. The van der Waals surface area contributed by atoms with Gasteiger partial charge in [-0.05, 0) is 44.2 Å². The van der Waals surface area contributed by atoms with Crippen LogP contribution in [-0.2, 0) is 16.6 Å². The number of aromatic nitrogens is 1. The van der Waals surface area contributed by atoms with Crippen molar-refractivity contribution >= 4 is 21.8 Å². The molecule has 1 aromatic carbocycles. The predicted octanol–water partition coefficient (Wildman–Crippen LogP) is 1.56. The van der Waals surface area contributed by atoms with Gasteiger partial charge in [-0.25, -0.2) is 12.7 Å². The zero-order valence-corrected chi connectivity index (χ0v) is 14.6. The third-order valence-electron chi connectivity index (χ3n) is 3.84. The number of carbonyl (C=O) groups is 2. The van der Waals surface area contributed by atoms with E-state index in [-0.39, 0.29) is 22.6 Å². The Hall–Kier alpha value is -2.74. The number of pyridine rings is 1. The largest absolute Gasteiger partial charge is 0.346 e. The SMILES string of the molecule is CC(C)N1C(=O)c2ccc(C(=O)NCc3ccccn3)cc2S1(=O)=O. The van der Waals surface area contributed by atoms with Gasteiger partial charge >= 0.3 is 0 Å². The maximum atomic E-state index is 12.6. The normalized spacial score (nSPS) is 15.3. The highest BCUT2D eigenvalue weighted by Gasteiger charge is 2.42. The maximum absolute atomic E-state index is 12.6. The lowest BCUT2D eigenvalue weighted by Gasteiger charge is -2.18. The number of nitrogens with zero attached hydrogens (tertiary/aromatic N) is 2. The smallest absolute Gasteiger partial charge is 0.269 e. The third-order valence-corrected chi connectivity index (χ3v) is 5.84. The Bertz CT molecular complexity index is 940. The lowest BCUT2D eigenvalue weighted by atomic mass is 10.1. The molecule has 0 saturated carbocycles. The summed E-state index contributed by atoms with van der Waals surface area (Å²) in [6.45, 7) is 3.48. The van der Waals surface area contributed by atoms with Crippen molar-refractivity contribution in [2.45, 2.75) is 31.3 Å². The average Bonchev–Trinajstić information content (AvgIpc) is 2.79. The van der Waals surface area contributed by atoms with Crippen molar-refractivity contribution in [1.82, 2.24) is 14.6 Å². The summed E-state index contributed by atoms with van der Waals surface area (Å²) in [7, 11) is -3.93. The summed E-state index contributed by atoms with van der Waals surface area (Å²) in [6.07, 6.45) is 1.62. The molecule has 2 aromatic rings. The van der Waals surface area contributed by atoms with Gasteiger partial charge in [0.25, 0.3) is 21.8 Å². The minimum atomic E-state index is -3.93. The van der Waals surface area contributed by atoms with Crippen LogP contribution in [0.1, 0.15) is 40.3 Å². The van der Waals surface area contributed by atoms with Crippen LogP contribution in [0.4, 0.5) is 0 Å². The summed E-state index contributed by atoms with van der Waals surface area (Å²) in [4.78, 5) is 28.6. The van der Waals surface area contributed by atoms with Crippen LogP contribution in [-0.4, -0.2) is 35.6 Å². The molecule has 1 aromatic heterocycles. The summed E-state index contributed by atoms with van der Waals surface area (Å²) >= 11 is 0. The highest BCUT2D eigenvalue weighted by atomic mass is 32.2. The van der Waals surface area contributed by atoms with Crippen LogP contribution >= 0.6 is 0 Å². The predicted molar refractivity (Wildman–Crippen MR) is 90.3 cm³/mol. The molecular formula is C17H17N3O4S. The molecule has 0 spiro atoms. The zero-order chi connectivity index (χ0) is 18.2. The molecule has 0 unspecified atom stereocenters. The first-order valence-electron chi connectivity index (χ1n) is 7.73. The third kappa shape index (κ3) is 3.00. The van der Waals surface area contributed by atoms with Crippen LogP contribution in [0.3, 0.4) is 0 Å². The van der Waals surface area contributed by atoms with Crippen molar-refractivity contribution < 1.29 is 18.0 Å². The second kappa shape index (κ2) is 6.29. The van der Waals surface area contributed by atoms with E-state index in [9.17, 15) is 18.0 Å². The molecule has 2 amide bonds. The van der Waals surface area contributed by atoms with E-state index in [2.05, 4.69) is 10.3 Å². The van der Waals surface area contributed by atoms with Crippen LogP contribution in [0.25, 0.3) is 0 Å². The van der Waals surface area contributed by atoms with Crippen molar-refractivity contribution in [3.05, 3.63) is 59.4 Å². The zero-order valence-electron chi connectivity index (χ0n) is 13.8. The molecule has 7 nitrogen and oxygen atoms in total. The molecule has 0 atom stereocenters. The van der Waals surface area contributed by atoms with Crippen LogP contribution in [0.5, 0.6) is 0 Å². The van der Waals surface area contributed by atoms with Gasteiger partial charge in [0.2, 0.25) is 0 Å². The van der Waals surface area contributed by atoms with Gasteiger partial charge in [-0.1, -0.05) is 6.07 Å². The van der Waals surface area contributed by atoms with E-state index in [1.54, 1.807) is 32.2 Å². The van der Waals surface area contributed by atoms with Gasteiger partial charge in [-0.15, -0.1) is 0 Å². The van der Waals surface area contributed by atoms with Gasteiger partial charge in [0.05, 0.1) is 17.8 Å². The summed E-state index contributed by atoms with van der Waals surface area (Å²) < 4.78 is 25.9. The second-order valence-electron chi connectivity index (χ2n) is 5.91. The minimum absolute atomic E-state index is 0.0926. The van der Waals surface area contributed by atoms with E-state index in [1.165, 1.54) is 18.2 Å². The summed E-state index contributed by atoms with van der Waals surface area (Å²) in [6, 6.07) is 8.94. The van der Waals surface area contributed by atoms with E-state index >= 15 is 0 Å². The van der Waals surface area contributed by atoms with Crippen molar-refractivity contribution in [2.24, 2.45) is 0 Å². The Labute approximate surface area is 145 Å². The van der Waals surface area contributed by atoms with Crippen LogP contribution < -0.4 is 5.32 Å². The molecule has 25 heavy (non-hydrogen) atoms. The second-order valence-corrected chi connectivity index (χ2v) is 7.70. The van der Waals surface area contributed by atoms with Crippen molar-refractivity contribution in [1.29, 1.82) is 0 Å². The maximum Gasteiger partial charge on any atom is 0.269 e. The number of rotatable bonds is 4. The highest BCUT2D eigenvalue weighted by Crippen LogP contribution is 2.32. The molecule has 0 radical (unpaired) electrons. The number of hydrogen-bond acceptors (Lipinski definition) is 5. The standard InChI is InChI=1S/C17H17N3O4S/c1-11(2)20-17(22)14-7-6-12(9-15(14)25(20,23)24)16(21)19-10-13-5-3-4-8-18-13/h3-9,11H,10H2,1-2H3,(H,19,21). The summed E-state index contributed by atoms with van der Waals surface area (Å²) in [5.41, 5.74) is 0.956. The number of nitrogens with one attached hydrogen (secondary N) is 1. The highest BCUT2D eigenvalue weighted by molar-refractivity contribution is 7.90. The van der Waals surface area contributed by atoms with Crippen molar-refractivity contribution in [3.63, 3.8) is 0 Å². The van der Waals surface area contributed by atoms with E-state index < -0.39 is 27.9 Å². The Kier molecular flexibility index (Phi) is 4.30. The molecule has 0 saturated heterocycles. The lowest BCUT2D eigenvalue weighted by molar-refractivity contribution is 0.0845. The first kappa shape index (κ1) is 17.1. The molecule has 130 valence electrons. The number of amides is 2. The van der Waals surface area contributed by atoms with E-state index in [4.69, 9.17) is 0 Å². The number of sulfonamides is 1. The molecule has 3 rings (SSSR count). The van der Waals surface area contributed by atoms with Gasteiger partial charge in [0, 0.05) is 17.8 Å². The van der Waals surface area contributed by atoms with Gasteiger partial charge < -0.3 is 5.32 Å². The average molecular weight is 359 g/mol. The van der Waals surface area contributed by atoms with Crippen molar-refractivity contribution in [2.75, 3.05) is 0 Å². The molecule has 0 fully saturated rings. The first-order valence-corrected chi connectivity index (χ1v) is 9.17. The molecule has 1 aliphatic heterocycles. The van der Waals surface area contributed by atoms with Gasteiger partial charge in [0.15, 0.2) is 0 Å². The van der Waals surface area contributed by atoms with E-state index in [0.29, 0.717) is 5.69 Å². The first-order chi connectivity index (χ1) is 11.8. The number of fused-ring (bicyclic) bond motifs is 1. The molecular weight excluding hydrogens is 342 g/mol. The fourth-order valence-corrected chi connectivity index (χ4v) is 4.47. The summed E-state index contributed by atoms with van der Waals surface area (Å²) in [5.74, 6) is -0.996. The number of benzene rings is 1. The Morgan fingerprint density at radius 3 is 2.64 bits per heavy atom. The Morgan fingerprint density at radius 2 is 2.00 bits per heavy atom. The van der Waals surface area contributed by atoms with Crippen LogP contribution in [0.2, 0.25) is 0 Å². The van der Waals surface area contributed by atoms with Crippen LogP contribution in [0, 0.1) is 0 Å². The van der Waals surface area contributed by atoms with Crippen LogP contribution in [0.15, 0.2) is 47.5 Å². The molecule has 0 bridgehead atoms. The molecule has 8 heteroatoms.